The molecule has 0 saturated carbocycles. The van der Waals surface area contributed by atoms with Crippen molar-refractivity contribution in [1.82, 2.24) is 15.2 Å². The van der Waals surface area contributed by atoms with Gasteiger partial charge in [0.05, 0.1) is 0 Å². The van der Waals surface area contributed by atoms with Gasteiger partial charge in [0.25, 0.3) is 0 Å². The second kappa shape index (κ2) is 6.00. The molecule has 1 unspecified atom stereocenters. The van der Waals surface area contributed by atoms with Crippen molar-refractivity contribution in [2.75, 3.05) is 0 Å². The van der Waals surface area contributed by atoms with Crippen molar-refractivity contribution in [2.45, 2.75) is 37.1 Å². The fraction of sp³-hybridized carbons (Fsp3) is 0.385. The summed E-state index contributed by atoms with van der Waals surface area (Å²) in [4.78, 5) is 4.39. The van der Waals surface area contributed by atoms with Gasteiger partial charge in [-0.3, -0.25) is 5.10 Å². The van der Waals surface area contributed by atoms with Crippen LogP contribution >= 0.6 is 11.8 Å². The van der Waals surface area contributed by atoms with Gasteiger partial charge in [0.1, 0.15) is 11.6 Å². The predicted octanol–water partition coefficient (Wildman–Crippen LogP) is 3.75. The Morgan fingerprint density at radius 3 is 3.00 bits per heavy atom. The molecule has 0 spiro atoms. The van der Waals surface area contributed by atoms with Gasteiger partial charge in [0.2, 0.25) is 5.16 Å². The number of nitrogens with one attached hydrogen (secondary N) is 1. The number of nitrogens with zero attached hydrogens (tertiary/aromatic N) is 2. The molecule has 0 fully saturated rings. The molecule has 0 aliphatic rings. The van der Waals surface area contributed by atoms with E-state index in [4.69, 9.17) is 0 Å². The van der Waals surface area contributed by atoms with Gasteiger partial charge in [-0.1, -0.05) is 30.8 Å². The molecule has 1 aromatic heterocycles. The number of benzene rings is 1. The smallest absolute Gasteiger partial charge is 0.209 e. The zero-order valence-corrected chi connectivity index (χ0v) is 11.3. The van der Waals surface area contributed by atoms with Crippen LogP contribution in [-0.4, -0.2) is 15.2 Å². The second-order valence-electron chi connectivity index (χ2n) is 4.13. The zero-order chi connectivity index (χ0) is 13.0. The SMILES string of the molecule is CCCc1nc(SC(C)c2cccc(F)c2)n[nH]1. The van der Waals surface area contributed by atoms with Crippen LogP contribution in [-0.2, 0) is 6.42 Å². The number of hydrogen-bond donors (Lipinski definition) is 1. The van der Waals surface area contributed by atoms with E-state index in [9.17, 15) is 4.39 Å². The standard InChI is InChI=1S/C13H16FN3S/c1-3-5-12-15-13(17-16-12)18-9(2)10-6-4-7-11(14)8-10/h4,6-9H,3,5H2,1-2H3,(H,15,16,17). The minimum Gasteiger partial charge on any atom is -0.262 e. The highest BCUT2D eigenvalue weighted by Crippen LogP contribution is 2.32. The van der Waals surface area contributed by atoms with Gasteiger partial charge >= 0.3 is 0 Å². The quantitative estimate of drug-likeness (QED) is 0.837. The van der Waals surface area contributed by atoms with Crippen LogP contribution in [0.3, 0.4) is 0 Å². The third kappa shape index (κ3) is 3.32. The lowest BCUT2D eigenvalue weighted by Gasteiger charge is -2.08. The number of hydrogen-bond acceptors (Lipinski definition) is 3. The summed E-state index contributed by atoms with van der Waals surface area (Å²) < 4.78 is 13.1. The lowest BCUT2D eigenvalue weighted by atomic mass is 10.2. The molecule has 1 N–H and O–H groups in total. The molecule has 2 aromatic rings. The van der Waals surface area contributed by atoms with E-state index in [2.05, 4.69) is 22.1 Å². The first-order valence-corrected chi connectivity index (χ1v) is 6.90. The highest BCUT2D eigenvalue weighted by atomic mass is 32.2. The molecule has 3 nitrogen and oxygen atoms in total. The highest BCUT2D eigenvalue weighted by molar-refractivity contribution is 7.99. The minimum absolute atomic E-state index is 0.131. The Labute approximate surface area is 110 Å². The molecule has 0 aliphatic heterocycles. The van der Waals surface area contributed by atoms with E-state index >= 15 is 0 Å². The van der Waals surface area contributed by atoms with Gasteiger partial charge in [-0.25, -0.2) is 9.37 Å². The summed E-state index contributed by atoms with van der Waals surface area (Å²) in [6.45, 7) is 4.13. The Kier molecular flexibility index (Phi) is 4.36. The molecule has 1 aromatic carbocycles. The molecule has 1 heterocycles. The number of aryl methyl sites for hydroxylation is 1. The third-order valence-electron chi connectivity index (χ3n) is 2.60. The molecule has 18 heavy (non-hydrogen) atoms. The van der Waals surface area contributed by atoms with E-state index in [0.29, 0.717) is 0 Å². The molecule has 0 aliphatic carbocycles. The van der Waals surface area contributed by atoms with E-state index < -0.39 is 0 Å². The van der Waals surface area contributed by atoms with Crippen LogP contribution in [0.4, 0.5) is 4.39 Å². The van der Waals surface area contributed by atoms with Gasteiger partial charge in [0.15, 0.2) is 0 Å². The minimum atomic E-state index is -0.207. The summed E-state index contributed by atoms with van der Waals surface area (Å²) in [6.07, 6.45) is 1.95. The van der Waals surface area contributed by atoms with E-state index in [1.165, 1.54) is 17.8 Å². The molecule has 0 radical (unpaired) electrons. The van der Waals surface area contributed by atoms with Crippen molar-refractivity contribution in [1.29, 1.82) is 0 Å². The number of aromatic nitrogens is 3. The molecule has 5 heteroatoms. The summed E-state index contributed by atoms with van der Waals surface area (Å²) in [6, 6.07) is 6.65. The van der Waals surface area contributed by atoms with Gasteiger partial charge in [-0.05, 0) is 31.0 Å². The number of aromatic amines is 1. The van der Waals surface area contributed by atoms with E-state index in [1.807, 2.05) is 13.0 Å². The molecular weight excluding hydrogens is 249 g/mol. The average Bonchev–Trinajstić information content (AvgIpc) is 2.77. The Hall–Kier alpha value is -1.36. The molecule has 1 atom stereocenters. The van der Waals surface area contributed by atoms with Crippen LogP contribution in [0.5, 0.6) is 0 Å². The van der Waals surface area contributed by atoms with Gasteiger partial charge in [-0.2, -0.15) is 0 Å². The summed E-state index contributed by atoms with van der Waals surface area (Å²) in [5, 5.41) is 7.92. The molecule has 96 valence electrons. The highest BCUT2D eigenvalue weighted by Gasteiger charge is 2.11. The fourth-order valence-electron chi connectivity index (χ4n) is 1.66. The Balaban J connectivity index is 2.04. The lowest BCUT2D eigenvalue weighted by molar-refractivity contribution is 0.625. The van der Waals surface area contributed by atoms with E-state index in [1.54, 1.807) is 12.1 Å². The van der Waals surface area contributed by atoms with Gasteiger partial charge in [0, 0.05) is 11.7 Å². The van der Waals surface area contributed by atoms with Crippen molar-refractivity contribution in [2.24, 2.45) is 0 Å². The normalized spacial score (nSPS) is 12.6. The maximum atomic E-state index is 13.1. The van der Waals surface area contributed by atoms with Crippen LogP contribution in [0.1, 0.15) is 36.9 Å². The summed E-state index contributed by atoms with van der Waals surface area (Å²) in [7, 11) is 0. The molecule has 0 amide bonds. The van der Waals surface area contributed by atoms with Crippen molar-refractivity contribution in [3.63, 3.8) is 0 Å². The fourth-order valence-corrected chi connectivity index (χ4v) is 2.52. The molecule has 2 rings (SSSR count). The average molecular weight is 265 g/mol. The van der Waals surface area contributed by atoms with E-state index in [0.717, 1.165) is 29.4 Å². The largest absolute Gasteiger partial charge is 0.262 e. The van der Waals surface area contributed by atoms with Crippen LogP contribution in [0.25, 0.3) is 0 Å². The maximum absolute atomic E-state index is 13.1. The van der Waals surface area contributed by atoms with Crippen LogP contribution < -0.4 is 0 Å². The van der Waals surface area contributed by atoms with Crippen molar-refractivity contribution in [3.8, 4) is 0 Å². The number of halogens is 1. The summed E-state index contributed by atoms with van der Waals surface area (Å²) in [5.74, 6) is 0.702. The van der Waals surface area contributed by atoms with E-state index in [-0.39, 0.29) is 11.1 Å². The Morgan fingerprint density at radius 1 is 1.44 bits per heavy atom. The Bertz CT molecular complexity index is 512. The maximum Gasteiger partial charge on any atom is 0.209 e. The number of H-pyrrole nitrogens is 1. The monoisotopic (exact) mass is 265 g/mol. The first-order valence-electron chi connectivity index (χ1n) is 6.02. The van der Waals surface area contributed by atoms with Crippen LogP contribution in [0.2, 0.25) is 0 Å². The Morgan fingerprint density at radius 2 is 2.28 bits per heavy atom. The summed E-state index contributed by atoms with van der Waals surface area (Å²) >= 11 is 1.53. The van der Waals surface area contributed by atoms with Crippen LogP contribution in [0, 0.1) is 5.82 Å². The van der Waals surface area contributed by atoms with Crippen molar-refractivity contribution < 1.29 is 4.39 Å². The molecule has 0 saturated heterocycles. The number of thioether (sulfide) groups is 1. The third-order valence-corrected chi connectivity index (χ3v) is 3.62. The van der Waals surface area contributed by atoms with Crippen molar-refractivity contribution >= 4 is 11.8 Å². The second-order valence-corrected chi connectivity index (χ2v) is 5.44. The zero-order valence-electron chi connectivity index (χ0n) is 10.5. The number of rotatable bonds is 5. The predicted molar refractivity (Wildman–Crippen MR) is 71.0 cm³/mol. The van der Waals surface area contributed by atoms with Crippen molar-refractivity contribution in [3.05, 3.63) is 41.5 Å². The topological polar surface area (TPSA) is 41.6 Å². The lowest BCUT2D eigenvalue weighted by Crippen LogP contribution is -1.90. The van der Waals surface area contributed by atoms with Gasteiger partial charge in [-0.15, -0.1) is 5.10 Å². The molecule has 0 bridgehead atoms. The van der Waals surface area contributed by atoms with Crippen LogP contribution in [0.15, 0.2) is 29.4 Å². The molecular formula is C13H16FN3S. The first kappa shape index (κ1) is 13.1. The van der Waals surface area contributed by atoms with Gasteiger partial charge < -0.3 is 0 Å². The first-order chi connectivity index (χ1) is 8.69. The summed E-state index contributed by atoms with van der Waals surface area (Å²) in [5.41, 5.74) is 0.946.